The lowest BCUT2D eigenvalue weighted by Crippen LogP contribution is -2.28. The number of pyridine rings is 1. The lowest BCUT2D eigenvalue weighted by molar-refractivity contribution is 0.0692. The quantitative estimate of drug-likeness (QED) is 0.483. The van der Waals surface area contributed by atoms with Crippen LogP contribution in [0.15, 0.2) is 53.5 Å². The molecule has 0 radical (unpaired) electrons. The summed E-state index contributed by atoms with van der Waals surface area (Å²) < 4.78 is 21.0. The van der Waals surface area contributed by atoms with Gasteiger partial charge in [-0.25, -0.2) is 9.18 Å². The number of nitrogens with zero attached hydrogens (tertiary/aromatic N) is 2. The van der Waals surface area contributed by atoms with Crippen molar-refractivity contribution in [2.24, 2.45) is 0 Å². The number of hydrogen-bond acceptors (Lipinski definition) is 5. The number of nitrogens with one attached hydrogen (secondary N) is 1. The summed E-state index contributed by atoms with van der Waals surface area (Å²) in [5, 5.41) is 21.9. The van der Waals surface area contributed by atoms with Crippen molar-refractivity contribution < 1.29 is 19.0 Å². The summed E-state index contributed by atoms with van der Waals surface area (Å²) in [6.07, 6.45) is 2.15. The van der Waals surface area contributed by atoms with Crippen LogP contribution in [0.5, 0.6) is 5.75 Å². The van der Waals surface area contributed by atoms with E-state index in [1.807, 2.05) is 6.92 Å². The number of halogens is 2. The van der Waals surface area contributed by atoms with Gasteiger partial charge in [0.15, 0.2) is 0 Å². The minimum atomic E-state index is -1.34. The molecular weight excluding hydrogens is 449 g/mol. The smallest absolute Gasteiger partial charge is 0.338 e. The number of methoxy groups -OCH3 is 1. The zero-order valence-corrected chi connectivity index (χ0v) is 18.7. The first-order valence-corrected chi connectivity index (χ1v) is 10.4. The first-order valence-electron chi connectivity index (χ1n) is 10.1. The summed E-state index contributed by atoms with van der Waals surface area (Å²) in [6.45, 7) is 2.18. The molecule has 0 fully saturated rings. The molecule has 7 nitrogen and oxygen atoms in total. The molecule has 2 N–H and O–H groups in total. The molecule has 1 heterocycles. The molecule has 33 heavy (non-hydrogen) atoms. The first-order chi connectivity index (χ1) is 15.8. The summed E-state index contributed by atoms with van der Waals surface area (Å²) in [5.74, 6) is -1.80. The van der Waals surface area contributed by atoms with E-state index in [9.17, 15) is 19.2 Å². The van der Waals surface area contributed by atoms with E-state index in [4.69, 9.17) is 21.4 Å². The van der Waals surface area contributed by atoms with Crippen molar-refractivity contribution in [2.75, 3.05) is 19.0 Å². The van der Waals surface area contributed by atoms with Crippen LogP contribution in [0.2, 0.25) is 5.02 Å². The summed E-state index contributed by atoms with van der Waals surface area (Å²) in [6, 6.07) is 11.7. The van der Waals surface area contributed by atoms with Gasteiger partial charge in [0.05, 0.1) is 36.5 Å². The molecule has 0 saturated heterocycles. The third-order valence-corrected chi connectivity index (χ3v) is 5.50. The number of aromatic carboxylic acids is 1. The number of nitriles is 1. The molecule has 0 aliphatic carbocycles. The number of rotatable bonds is 8. The Kier molecular flexibility index (Phi) is 7.36. The van der Waals surface area contributed by atoms with Crippen LogP contribution in [0.1, 0.15) is 35.3 Å². The average Bonchev–Trinajstić information content (AvgIpc) is 2.79. The highest BCUT2D eigenvalue weighted by atomic mass is 35.5. The standard InChI is InChI=1S/C24H21ClFN3O4/c1-3-17(12-28-16-6-7-18(24(31)32)21(26)9-16)29-13-22(33-2)20(10-23(29)30)19-8-15(25)5-4-14(19)11-27/h4-10,13,17,28H,3,12H2,1-2H3,(H,31,32)/t17-/m0/s1. The minimum Gasteiger partial charge on any atom is -0.495 e. The molecule has 0 unspecified atom stereocenters. The van der Waals surface area contributed by atoms with Gasteiger partial charge in [0.1, 0.15) is 11.6 Å². The zero-order chi connectivity index (χ0) is 24.1. The average molecular weight is 470 g/mol. The predicted octanol–water partition coefficient (Wildman–Crippen LogP) is 4.95. The largest absolute Gasteiger partial charge is 0.495 e. The van der Waals surface area contributed by atoms with Gasteiger partial charge < -0.3 is 19.7 Å². The number of aromatic nitrogens is 1. The second-order valence-electron chi connectivity index (χ2n) is 7.25. The Morgan fingerprint density at radius 2 is 2.03 bits per heavy atom. The SMILES string of the molecule is CC[C@@H](CNc1ccc(C(=O)O)c(F)c1)n1cc(OC)c(-c2cc(Cl)ccc2C#N)cc1=O. The van der Waals surface area contributed by atoms with E-state index in [1.165, 1.54) is 29.9 Å². The van der Waals surface area contributed by atoms with Crippen molar-refractivity contribution in [3.63, 3.8) is 0 Å². The van der Waals surface area contributed by atoms with E-state index < -0.39 is 17.3 Å². The normalized spacial score (nSPS) is 11.5. The van der Waals surface area contributed by atoms with Crippen molar-refractivity contribution in [1.29, 1.82) is 5.26 Å². The monoisotopic (exact) mass is 469 g/mol. The van der Waals surface area contributed by atoms with Gasteiger partial charge in [-0.2, -0.15) is 5.26 Å². The maximum Gasteiger partial charge on any atom is 0.338 e. The molecular formula is C24H21ClFN3O4. The van der Waals surface area contributed by atoms with Crippen LogP contribution in [0.25, 0.3) is 11.1 Å². The molecule has 0 bridgehead atoms. The van der Waals surface area contributed by atoms with Gasteiger partial charge >= 0.3 is 5.97 Å². The van der Waals surface area contributed by atoms with Gasteiger partial charge in [0.2, 0.25) is 0 Å². The van der Waals surface area contributed by atoms with Crippen LogP contribution >= 0.6 is 11.6 Å². The van der Waals surface area contributed by atoms with E-state index in [1.54, 1.807) is 24.4 Å². The molecule has 2 aromatic carbocycles. The lowest BCUT2D eigenvalue weighted by atomic mass is 10.00. The van der Waals surface area contributed by atoms with Gasteiger partial charge in [-0.05, 0) is 42.8 Å². The third-order valence-electron chi connectivity index (χ3n) is 5.26. The molecule has 3 aromatic rings. The van der Waals surface area contributed by atoms with Crippen LogP contribution < -0.4 is 15.6 Å². The summed E-state index contributed by atoms with van der Waals surface area (Å²) in [7, 11) is 1.47. The van der Waals surface area contributed by atoms with E-state index in [0.717, 1.165) is 6.07 Å². The second-order valence-corrected chi connectivity index (χ2v) is 7.68. The Morgan fingerprint density at radius 3 is 2.64 bits per heavy atom. The zero-order valence-electron chi connectivity index (χ0n) is 17.9. The van der Waals surface area contributed by atoms with E-state index >= 15 is 0 Å². The van der Waals surface area contributed by atoms with Crippen molar-refractivity contribution in [1.82, 2.24) is 4.57 Å². The molecule has 9 heteroatoms. The van der Waals surface area contributed by atoms with Crippen molar-refractivity contribution >= 4 is 23.3 Å². The highest BCUT2D eigenvalue weighted by Gasteiger charge is 2.18. The van der Waals surface area contributed by atoms with E-state index in [2.05, 4.69) is 11.4 Å². The molecule has 0 amide bonds. The van der Waals surface area contributed by atoms with Gasteiger partial charge in [-0.3, -0.25) is 4.79 Å². The van der Waals surface area contributed by atoms with Gasteiger partial charge in [0.25, 0.3) is 5.56 Å². The third kappa shape index (κ3) is 5.16. The summed E-state index contributed by atoms with van der Waals surface area (Å²) >= 11 is 6.10. The number of carboxylic acids is 1. The highest BCUT2D eigenvalue weighted by molar-refractivity contribution is 6.31. The van der Waals surface area contributed by atoms with E-state index in [0.29, 0.717) is 39.6 Å². The first kappa shape index (κ1) is 23.8. The number of hydrogen-bond donors (Lipinski definition) is 2. The molecule has 0 saturated carbocycles. The number of ether oxygens (including phenoxy) is 1. The molecule has 0 spiro atoms. The van der Waals surface area contributed by atoms with Crippen molar-refractivity contribution in [3.8, 4) is 22.9 Å². The Labute approximate surface area is 194 Å². The maximum absolute atomic E-state index is 14.0. The number of benzene rings is 2. The minimum absolute atomic E-state index is 0.283. The topological polar surface area (TPSA) is 104 Å². The fraction of sp³-hybridized carbons (Fsp3) is 0.208. The fourth-order valence-corrected chi connectivity index (χ4v) is 3.67. The molecule has 1 aromatic heterocycles. The second kappa shape index (κ2) is 10.2. The molecule has 1 atom stereocenters. The van der Waals surface area contributed by atoms with Crippen LogP contribution in [0.3, 0.4) is 0 Å². The van der Waals surface area contributed by atoms with Crippen LogP contribution in [0, 0.1) is 17.1 Å². The van der Waals surface area contributed by atoms with Crippen molar-refractivity contribution in [3.05, 3.63) is 81.0 Å². The number of carbonyl (C=O) groups is 1. The van der Waals surface area contributed by atoms with Gasteiger partial charge in [-0.1, -0.05) is 18.5 Å². The maximum atomic E-state index is 14.0. The van der Waals surface area contributed by atoms with E-state index in [-0.39, 0.29) is 18.1 Å². The predicted molar refractivity (Wildman–Crippen MR) is 124 cm³/mol. The van der Waals surface area contributed by atoms with Crippen LogP contribution in [-0.4, -0.2) is 29.3 Å². The molecule has 170 valence electrons. The van der Waals surface area contributed by atoms with Crippen LogP contribution in [0.4, 0.5) is 10.1 Å². The lowest BCUT2D eigenvalue weighted by Gasteiger charge is -2.21. The highest BCUT2D eigenvalue weighted by Crippen LogP contribution is 2.33. The summed E-state index contributed by atoms with van der Waals surface area (Å²) in [4.78, 5) is 24.0. The van der Waals surface area contributed by atoms with Crippen molar-refractivity contribution in [2.45, 2.75) is 19.4 Å². The fourth-order valence-electron chi connectivity index (χ4n) is 3.50. The Bertz CT molecular complexity index is 1300. The Morgan fingerprint density at radius 1 is 1.27 bits per heavy atom. The van der Waals surface area contributed by atoms with Gasteiger partial charge in [-0.15, -0.1) is 0 Å². The Balaban J connectivity index is 1.93. The Hall–Kier alpha value is -3.83. The van der Waals surface area contributed by atoms with Gasteiger partial charge in [0, 0.05) is 34.4 Å². The summed E-state index contributed by atoms with van der Waals surface area (Å²) in [5.41, 5.74) is 0.969. The molecule has 0 aliphatic heterocycles. The molecule has 0 aliphatic rings. The molecule has 3 rings (SSSR count). The number of carboxylic acid groups (broad SMARTS) is 1. The van der Waals surface area contributed by atoms with Crippen LogP contribution in [-0.2, 0) is 0 Å². The number of anilines is 1.